The molecule has 1 saturated carbocycles. The van der Waals surface area contributed by atoms with E-state index in [1.165, 1.54) is 36.1 Å². The number of aryl methyl sites for hydroxylation is 1. The summed E-state index contributed by atoms with van der Waals surface area (Å²) in [7, 11) is 0. The monoisotopic (exact) mass is 291 g/mol. The van der Waals surface area contributed by atoms with Gasteiger partial charge in [0.25, 0.3) is 0 Å². The van der Waals surface area contributed by atoms with Crippen LogP contribution in [0.1, 0.15) is 51.0 Å². The van der Waals surface area contributed by atoms with Crippen LogP contribution in [0.25, 0.3) is 0 Å². The molecule has 1 aliphatic carbocycles. The Bertz CT molecular complexity index is 421. The highest BCUT2D eigenvalue weighted by molar-refractivity contribution is 8.00. The van der Waals surface area contributed by atoms with Crippen molar-refractivity contribution >= 4 is 17.7 Å². The molecular formula is C17H25NOS. The first-order chi connectivity index (χ1) is 9.65. The minimum absolute atomic E-state index is 0.0269. The molecule has 0 aliphatic heterocycles. The molecule has 1 aromatic rings. The Labute approximate surface area is 126 Å². The van der Waals surface area contributed by atoms with Crippen LogP contribution in [0.15, 0.2) is 29.2 Å². The Balaban J connectivity index is 1.83. The molecule has 1 aromatic carbocycles. The summed E-state index contributed by atoms with van der Waals surface area (Å²) in [6.07, 6.45) is 7.44. The third kappa shape index (κ3) is 4.86. The van der Waals surface area contributed by atoms with Crippen molar-refractivity contribution in [1.29, 1.82) is 0 Å². The normalized spacial score (nSPS) is 18.3. The largest absolute Gasteiger partial charge is 0.352 e. The second-order valence-electron chi connectivity index (χ2n) is 5.77. The summed E-state index contributed by atoms with van der Waals surface area (Å²) < 4.78 is 0. The predicted molar refractivity (Wildman–Crippen MR) is 86.1 cm³/mol. The standard InChI is InChI=1S/C17H25NOS/c1-13-9-11-16(12-10-13)20-14(2)17(19)18-15-7-5-3-4-6-8-15/h9-12,14-15H,3-8H2,1-2H3,(H,18,19). The van der Waals surface area contributed by atoms with Crippen molar-refractivity contribution in [2.24, 2.45) is 0 Å². The summed E-state index contributed by atoms with van der Waals surface area (Å²) in [6.45, 7) is 4.08. The van der Waals surface area contributed by atoms with E-state index in [4.69, 9.17) is 0 Å². The van der Waals surface area contributed by atoms with Gasteiger partial charge in [-0.2, -0.15) is 0 Å². The van der Waals surface area contributed by atoms with Gasteiger partial charge in [0.05, 0.1) is 5.25 Å². The zero-order valence-electron chi connectivity index (χ0n) is 12.5. The molecule has 0 bridgehead atoms. The first kappa shape index (κ1) is 15.4. The van der Waals surface area contributed by atoms with Crippen LogP contribution in [0.2, 0.25) is 0 Å². The summed E-state index contributed by atoms with van der Waals surface area (Å²) >= 11 is 1.64. The van der Waals surface area contributed by atoms with Gasteiger partial charge in [-0.1, -0.05) is 43.4 Å². The molecule has 20 heavy (non-hydrogen) atoms. The zero-order chi connectivity index (χ0) is 14.4. The molecule has 1 unspecified atom stereocenters. The van der Waals surface area contributed by atoms with Gasteiger partial charge in [-0.3, -0.25) is 4.79 Å². The van der Waals surface area contributed by atoms with E-state index in [0.717, 1.165) is 12.8 Å². The third-order valence-electron chi connectivity index (χ3n) is 3.90. The number of benzene rings is 1. The number of carbonyl (C=O) groups is 1. The highest BCUT2D eigenvalue weighted by Crippen LogP contribution is 2.24. The van der Waals surface area contributed by atoms with Gasteiger partial charge in [-0.05, 0) is 38.8 Å². The van der Waals surface area contributed by atoms with Crippen LogP contribution >= 0.6 is 11.8 Å². The van der Waals surface area contributed by atoms with Crippen LogP contribution in [-0.4, -0.2) is 17.2 Å². The van der Waals surface area contributed by atoms with E-state index in [1.54, 1.807) is 11.8 Å². The van der Waals surface area contributed by atoms with Gasteiger partial charge in [0.15, 0.2) is 0 Å². The topological polar surface area (TPSA) is 29.1 Å². The molecular weight excluding hydrogens is 266 g/mol. The van der Waals surface area contributed by atoms with Crippen molar-refractivity contribution in [2.75, 3.05) is 0 Å². The minimum atomic E-state index is -0.0269. The van der Waals surface area contributed by atoms with Crippen LogP contribution in [0.4, 0.5) is 0 Å². The van der Waals surface area contributed by atoms with Crippen LogP contribution in [-0.2, 0) is 4.79 Å². The van der Waals surface area contributed by atoms with Crippen LogP contribution in [0, 0.1) is 6.92 Å². The molecule has 0 heterocycles. The van der Waals surface area contributed by atoms with Crippen LogP contribution in [0.5, 0.6) is 0 Å². The van der Waals surface area contributed by atoms with Crippen molar-refractivity contribution in [3.8, 4) is 0 Å². The van der Waals surface area contributed by atoms with Crippen LogP contribution in [0.3, 0.4) is 0 Å². The maximum absolute atomic E-state index is 12.3. The summed E-state index contributed by atoms with van der Waals surface area (Å²) in [5.74, 6) is 0.183. The van der Waals surface area contributed by atoms with E-state index >= 15 is 0 Å². The van der Waals surface area contributed by atoms with Gasteiger partial charge in [-0.15, -0.1) is 11.8 Å². The molecule has 2 rings (SSSR count). The predicted octanol–water partition coefficient (Wildman–Crippen LogP) is 4.31. The maximum Gasteiger partial charge on any atom is 0.233 e. The zero-order valence-corrected chi connectivity index (χ0v) is 13.3. The lowest BCUT2D eigenvalue weighted by Crippen LogP contribution is -2.39. The van der Waals surface area contributed by atoms with Crippen LogP contribution < -0.4 is 5.32 Å². The Morgan fingerprint density at radius 2 is 1.75 bits per heavy atom. The molecule has 0 spiro atoms. The Morgan fingerprint density at radius 3 is 2.35 bits per heavy atom. The molecule has 0 radical (unpaired) electrons. The lowest BCUT2D eigenvalue weighted by molar-refractivity contribution is -0.121. The molecule has 1 fully saturated rings. The molecule has 1 aliphatic rings. The number of hydrogen-bond acceptors (Lipinski definition) is 2. The van der Waals surface area contributed by atoms with Crippen molar-refractivity contribution in [2.45, 2.75) is 68.6 Å². The van der Waals surface area contributed by atoms with E-state index in [-0.39, 0.29) is 11.2 Å². The molecule has 1 amide bonds. The fraction of sp³-hybridized carbons (Fsp3) is 0.588. The van der Waals surface area contributed by atoms with E-state index in [1.807, 2.05) is 6.92 Å². The molecule has 3 heteroatoms. The lowest BCUT2D eigenvalue weighted by Gasteiger charge is -2.19. The number of hydrogen-bond donors (Lipinski definition) is 1. The number of nitrogens with one attached hydrogen (secondary N) is 1. The summed E-state index contributed by atoms with van der Waals surface area (Å²) in [4.78, 5) is 13.4. The number of carbonyl (C=O) groups excluding carboxylic acids is 1. The Kier molecular flexibility index (Phi) is 5.96. The molecule has 1 atom stereocenters. The smallest absolute Gasteiger partial charge is 0.233 e. The fourth-order valence-electron chi connectivity index (χ4n) is 2.62. The summed E-state index contributed by atoms with van der Waals surface area (Å²) in [5, 5.41) is 3.20. The van der Waals surface area contributed by atoms with E-state index in [0.29, 0.717) is 6.04 Å². The van der Waals surface area contributed by atoms with Gasteiger partial charge in [-0.25, -0.2) is 0 Å². The highest BCUT2D eigenvalue weighted by Gasteiger charge is 2.19. The van der Waals surface area contributed by atoms with Gasteiger partial charge < -0.3 is 5.32 Å². The Morgan fingerprint density at radius 1 is 1.15 bits per heavy atom. The Hall–Kier alpha value is -0.960. The summed E-state index contributed by atoms with van der Waals surface area (Å²) in [5.41, 5.74) is 1.25. The summed E-state index contributed by atoms with van der Waals surface area (Å²) in [6, 6.07) is 8.77. The van der Waals surface area contributed by atoms with Gasteiger partial charge in [0.1, 0.15) is 0 Å². The van der Waals surface area contributed by atoms with Crippen molar-refractivity contribution in [3.63, 3.8) is 0 Å². The van der Waals surface area contributed by atoms with Crippen molar-refractivity contribution < 1.29 is 4.79 Å². The van der Waals surface area contributed by atoms with E-state index < -0.39 is 0 Å². The SMILES string of the molecule is Cc1ccc(SC(C)C(=O)NC2CCCCCC2)cc1. The van der Waals surface area contributed by atoms with Gasteiger partial charge >= 0.3 is 0 Å². The van der Waals surface area contributed by atoms with Gasteiger partial charge in [0.2, 0.25) is 5.91 Å². The lowest BCUT2D eigenvalue weighted by atomic mass is 10.1. The number of amides is 1. The number of rotatable bonds is 4. The second-order valence-corrected chi connectivity index (χ2v) is 7.18. The van der Waals surface area contributed by atoms with E-state index in [9.17, 15) is 4.79 Å². The average Bonchev–Trinajstić information content (AvgIpc) is 2.70. The first-order valence-electron chi connectivity index (χ1n) is 7.69. The van der Waals surface area contributed by atoms with Crippen molar-refractivity contribution in [3.05, 3.63) is 29.8 Å². The first-order valence-corrected chi connectivity index (χ1v) is 8.57. The minimum Gasteiger partial charge on any atom is -0.352 e. The highest BCUT2D eigenvalue weighted by atomic mass is 32.2. The fourth-order valence-corrected chi connectivity index (χ4v) is 3.49. The second kappa shape index (κ2) is 7.72. The molecule has 1 N–H and O–H groups in total. The molecule has 2 nitrogen and oxygen atoms in total. The molecule has 0 saturated heterocycles. The van der Waals surface area contributed by atoms with E-state index in [2.05, 4.69) is 36.5 Å². The average molecular weight is 291 g/mol. The molecule has 110 valence electrons. The molecule has 0 aromatic heterocycles. The van der Waals surface area contributed by atoms with Gasteiger partial charge in [0, 0.05) is 10.9 Å². The third-order valence-corrected chi connectivity index (χ3v) is 5.02. The quantitative estimate of drug-likeness (QED) is 0.661. The van der Waals surface area contributed by atoms with Crippen molar-refractivity contribution in [1.82, 2.24) is 5.32 Å². The maximum atomic E-state index is 12.3. The number of thioether (sulfide) groups is 1.